The normalized spacial score (nSPS) is 22.6. The van der Waals surface area contributed by atoms with Gasteiger partial charge in [0, 0.05) is 7.97 Å². The van der Waals surface area contributed by atoms with Crippen molar-refractivity contribution in [1.82, 2.24) is 5.32 Å². The summed E-state index contributed by atoms with van der Waals surface area (Å²) in [5.74, 6) is 0.613. The summed E-state index contributed by atoms with van der Waals surface area (Å²) in [6.07, 6.45) is 10.4. The molecule has 1 unspecified atom stereocenters. The van der Waals surface area contributed by atoms with Crippen LogP contribution < -0.4 is 5.32 Å². The molecule has 0 radical (unpaired) electrons. The molecule has 0 heterocycles. The molecule has 3 heteroatoms. The third-order valence-electron chi connectivity index (χ3n) is 2.98. The van der Waals surface area contributed by atoms with Crippen molar-refractivity contribution >= 4 is 6.09 Å². The summed E-state index contributed by atoms with van der Waals surface area (Å²) in [5, 5.41) is 2.82. The highest BCUT2D eigenvalue weighted by atomic mass is 16.6. The lowest BCUT2D eigenvalue weighted by atomic mass is 10.0. The number of allylic oxidation sites excluding steroid dienone is 2. The third-order valence-corrected chi connectivity index (χ3v) is 2.98. The van der Waals surface area contributed by atoms with Gasteiger partial charge in [0.2, 0.25) is 0 Å². The van der Waals surface area contributed by atoms with Gasteiger partial charge < -0.3 is 10.1 Å². The molecule has 17 heavy (non-hydrogen) atoms. The van der Waals surface area contributed by atoms with E-state index >= 15 is 0 Å². The number of rotatable bonds is 4. The monoisotopic (exact) mass is 241 g/mol. The Hall–Kier alpha value is -0.990. The molecule has 1 rings (SSSR count). The number of carbonyl (C=O) groups excluding carboxylic acids is 1. The predicted octanol–water partition coefficient (Wildman–Crippen LogP) is 3.89. The first-order chi connectivity index (χ1) is 8.18. The Balaban J connectivity index is 0.00000289. The lowest BCUT2D eigenvalue weighted by Gasteiger charge is -2.18. The standard InChI is InChI=1S/C14H25NO2.H2/c1-12(2)10-11-15-14(16)17-13-8-6-4-3-5-7-9-13;/h3-4,12-13H,5-11H2,1-2H3,(H,15,16);1H/b4-3+;. The molecule has 1 amide bonds. The van der Waals surface area contributed by atoms with Gasteiger partial charge in [0.15, 0.2) is 0 Å². The minimum Gasteiger partial charge on any atom is -0.446 e. The van der Waals surface area contributed by atoms with Gasteiger partial charge in [-0.15, -0.1) is 0 Å². The zero-order valence-corrected chi connectivity index (χ0v) is 11.1. The van der Waals surface area contributed by atoms with Crippen molar-refractivity contribution in [2.45, 2.75) is 58.5 Å². The smallest absolute Gasteiger partial charge is 0.407 e. The Labute approximate surface area is 106 Å². The van der Waals surface area contributed by atoms with Crippen molar-refractivity contribution in [3.63, 3.8) is 0 Å². The summed E-state index contributed by atoms with van der Waals surface area (Å²) in [4.78, 5) is 11.5. The largest absolute Gasteiger partial charge is 0.446 e. The highest BCUT2D eigenvalue weighted by molar-refractivity contribution is 5.67. The Morgan fingerprint density at radius 3 is 2.94 bits per heavy atom. The molecule has 0 fully saturated rings. The first kappa shape index (κ1) is 14.1. The van der Waals surface area contributed by atoms with E-state index in [4.69, 9.17) is 4.74 Å². The molecule has 0 saturated heterocycles. The van der Waals surface area contributed by atoms with Crippen LogP contribution in [-0.4, -0.2) is 18.7 Å². The fraction of sp³-hybridized carbons (Fsp3) is 0.786. The topological polar surface area (TPSA) is 38.3 Å². The van der Waals surface area contributed by atoms with E-state index in [-0.39, 0.29) is 13.6 Å². The average Bonchev–Trinajstić information content (AvgIpc) is 2.21. The minimum absolute atomic E-state index is 0. The zero-order chi connectivity index (χ0) is 12.5. The van der Waals surface area contributed by atoms with Crippen molar-refractivity contribution in [2.75, 3.05) is 6.54 Å². The van der Waals surface area contributed by atoms with Crippen LogP contribution in [0.5, 0.6) is 0 Å². The van der Waals surface area contributed by atoms with E-state index in [9.17, 15) is 4.79 Å². The Morgan fingerprint density at radius 2 is 2.18 bits per heavy atom. The van der Waals surface area contributed by atoms with Crippen LogP contribution in [0.2, 0.25) is 0 Å². The first-order valence-electron chi connectivity index (χ1n) is 6.78. The summed E-state index contributed by atoms with van der Waals surface area (Å²) < 4.78 is 5.42. The molecule has 1 N–H and O–H groups in total. The molecule has 100 valence electrons. The van der Waals surface area contributed by atoms with Crippen LogP contribution in [0.4, 0.5) is 4.79 Å². The maximum absolute atomic E-state index is 11.5. The van der Waals surface area contributed by atoms with Crippen LogP contribution in [0, 0.1) is 5.92 Å². The summed E-state index contributed by atoms with van der Waals surface area (Å²) in [6, 6.07) is 0. The highest BCUT2D eigenvalue weighted by Crippen LogP contribution is 2.15. The third kappa shape index (κ3) is 7.03. The lowest BCUT2D eigenvalue weighted by molar-refractivity contribution is 0.0862. The highest BCUT2D eigenvalue weighted by Gasteiger charge is 2.14. The lowest BCUT2D eigenvalue weighted by Crippen LogP contribution is -2.30. The number of amides is 1. The van der Waals surface area contributed by atoms with Crippen LogP contribution in [0.1, 0.15) is 53.8 Å². The second-order valence-electron chi connectivity index (χ2n) is 5.12. The molecule has 0 aliphatic heterocycles. The summed E-state index contributed by atoms with van der Waals surface area (Å²) in [5.41, 5.74) is 0. The molecule has 0 saturated carbocycles. The van der Waals surface area contributed by atoms with Crippen molar-refractivity contribution in [1.29, 1.82) is 0 Å². The molecule has 3 nitrogen and oxygen atoms in total. The average molecular weight is 241 g/mol. The Kier molecular flexibility index (Phi) is 6.75. The molecule has 0 aromatic carbocycles. The molecule has 0 spiro atoms. The Morgan fingerprint density at radius 1 is 1.41 bits per heavy atom. The second kappa shape index (κ2) is 8.15. The number of carbonyl (C=O) groups is 1. The van der Waals surface area contributed by atoms with Crippen LogP contribution in [0.3, 0.4) is 0 Å². The molecule has 0 aromatic heterocycles. The van der Waals surface area contributed by atoms with Crippen LogP contribution in [-0.2, 0) is 4.74 Å². The molecular formula is C14H27NO2. The van der Waals surface area contributed by atoms with E-state index in [1.165, 1.54) is 0 Å². The number of ether oxygens (including phenoxy) is 1. The van der Waals surface area contributed by atoms with E-state index in [0.717, 1.165) is 38.5 Å². The number of alkyl carbamates (subject to hydrolysis) is 1. The fourth-order valence-corrected chi connectivity index (χ4v) is 1.90. The molecule has 0 aromatic rings. The summed E-state index contributed by atoms with van der Waals surface area (Å²) in [6.45, 7) is 5.01. The quantitative estimate of drug-likeness (QED) is 0.758. The van der Waals surface area contributed by atoms with E-state index in [0.29, 0.717) is 12.5 Å². The van der Waals surface area contributed by atoms with Gasteiger partial charge in [0.25, 0.3) is 0 Å². The first-order valence-corrected chi connectivity index (χ1v) is 6.78. The molecule has 1 aliphatic carbocycles. The van der Waals surface area contributed by atoms with Gasteiger partial charge in [0.05, 0.1) is 0 Å². The number of hydrogen-bond donors (Lipinski definition) is 1. The minimum atomic E-state index is -0.250. The van der Waals surface area contributed by atoms with Crippen molar-refractivity contribution in [3.8, 4) is 0 Å². The number of hydrogen-bond acceptors (Lipinski definition) is 2. The van der Waals surface area contributed by atoms with E-state index in [1.807, 2.05) is 0 Å². The maximum atomic E-state index is 11.5. The zero-order valence-electron chi connectivity index (χ0n) is 11.1. The number of nitrogens with one attached hydrogen (secondary N) is 1. The molecular weight excluding hydrogens is 214 g/mol. The molecule has 0 bridgehead atoms. The molecule has 1 atom stereocenters. The van der Waals surface area contributed by atoms with Gasteiger partial charge in [-0.1, -0.05) is 26.0 Å². The van der Waals surface area contributed by atoms with Crippen LogP contribution in [0.25, 0.3) is 0 Å². The van der Waals surface area contributed by atoms with Crippen molar-refractivity contribution in [2.24, 2.45) is 5.92 Å². The van der Waals surface area contributed by atoms with Gasteiger partial charge in [-0.05, 0) is 44.4 Å². The summed E-state index contributed by atoms with van der Waals surface area (Å²) in [7, 11) is 0. The van der Waals surface area contributed by atoms with Gasteiger partial charge in [-0.25, -0.2) is 4.79 Å². The predicted molar refractivity (Wildman–Crippen MR) is 72.1 cm³/mol. The van der Waals surface area contributed by atoms with Crippen LogP contribution >= 0.6 is 0 Å². The van der Waals surface area contributed by atoms with Gasteiger partial charge in [-0.2, -0.15) is 0 Å². The van der Waals surface area contributed by atoms with Crippen LogP contribution in [0.15, 0.2) is 12.2 Å². The van der Waals surface area contributed by atoms with E-state index in [1.54, 1.807) is 0 Å². The van der Waals surface area contributed by atoms with Crippen molar-refractivity contribution < 1.29 is 11.0 Å². The van der Waals surface area contributed by atoms with E-state index < -0.39 is 0 Å². The van der Waals surface area contributed by atoms with Gasteiger partial charge in [-0.3, -0.25) is 0 Å². The molecule has 1 aliphatic rings. The SMILES string of the molecule is CC(C)CCNC(=O)OC1CC/C=C/CCC1.[HH]. The van der Waals surface area contributed by atoms with Crippen molar-refractivity contribution in [3.05, 3.63) is 12.2 Å². The van der Waals surface area contributed by atoms with Gasteiger partial charge in [0.1, 0.15) is 6.10 Å². The van der Waals surface area contributed by atoms with Gasteiger partial charge >= 0.3 is 6.09 Å². The van der Waals surface area contributed by atoms with E-state index in [2.05, 4.69) is 31.3 Å². The second-order valence-corrected chi connectivity index (χ2v) is 5.12. The Bertz CT molecular complexity index is 254. The summed E-state index contributed by atoms with van der Waals surface area (Å²) >= 11 is 0. The maximum Gasteiger partial charge on any atom is 0.407 e. The fourth-order valence-electron chi connectivity index (χ4n) is 1.90.